The van der Waals surface area contributed by atoms with Crippen molar-refractivity contribution in [1.29, 1.82) is 0 Å². The second-order valence-corrected chi connectivity index (χ2v) is 6.15. The second-order valence-electron chi connectivity index (χ2n) is 6.15. The predicted octanol–water partition coefficient (Wildman–Crippen LogP) is 2.71. The third kappa shape index (κ3) is 3.14. The zero-order valence-corrected chi connectivity index (χ0v) is 12.8. The number of likely N-dealkylation sites (tertiary alicyclic amines) is 1. The maximum absolute atomic E-state index is 12.7. The van der Waals surface area contributed by atoms with Crippen LogP contribution in [0.3, 0.4) is 0 Å². The smallest absolute Gasteiger partial charge is 0.242 e. The standard InChI is InChI=1S/C17H25N3O/c1-14-7-4-5-12-20(14)17(21)13-19-11-6-10-18-15-8-2-3-9-16(15)19/h2-3,8-9,14,18H,4-7,10-13H2,1H3. The maximum Gasteiger partial charge on any atom is 0.242 e. The van der Waals surface area contributed by atoms with Crippen LogP contribution >= 0.6 is 0 Å². The van der Waals surface area contributed by atoms with Gasteiger partial charge in [-0.1, -0.05) is 12.1 Å². The minimum absolute atomic E-state index is 0.277. The van der Waals surface area contributed by atoms with Gasteiger partial charge < -0.3 is 15.1 Å². The number of fused-ring (bicyclic) bond motifs is 1. The highest BCUT2D eigenvalue weighted by atomic mass is 16.2. The maximum atomic E-state index is 12.7. The van der Waals surface area contributed by atoms with Crippen molar-refractivity contribution in [2.75, 3.05) is 36.4 Å². The van der Waals surface area contributed by atoms with Gasteiger partial charge >= 0.3 is 0 Å². The van der Waals surface area contributed by atoms with Gasteiger partial charge in [-0.05, 0) is 44.7 Å². The summed E-state index contributed by atoms with van der Waals surface area (Å²) in [5.41, 5.74) is 2.31. The van der Waals surface area contributed by atoms with Crippen molar-refractivity contribution >= 4 is 17.3 Å². The van der Waals surface area contributed by atoms with Gasteiger partial charge in [0, 0.05) is 25.7 Å². The summed E-state index contributed by atoms with van der Waals surface area (Å²) in [6.07, 6.45) is 4.61. The SMILES string of the molecule is CC1CCCCN1C(=O)CN1CCCNc2ccccc21. The summed E-state index contributed by atoms with van der Waals surface area (Å²) in [4.78, 5) is 17.0. The minimum atomic E-state index is 0.277. The average Bonchev–Trinajstić information content (AvgIpc) is 2.70. The number of carbonyl (C=O) groups is 1. The van der Waals surface area contributed by atoms with E-state index in [-0.39, 0.29) is 5.91 Å². The van der Waals surface area contributed by atoms with Gasteiger partial charge in [-0.2, -0.15) is 0 Å². The van der Waals surface area contributed by atoms with Gasteiger partial charge in [0.1, 0.15) is 0 Å². The summed E-state index contributed by atoms with van der Waals surface area (Å²) in [6, 6.07) is 8.70. The van der Waals surface area contributed by atoms with Crippen LogP contribution in [0.2, 0.25) is 0 Å². The molecule has 21 heavy (non-hydrogen) atoms. The Kier molecular flexibility index (Phi) is 4.32. The minimum Gasteiger partial charge on any atom is -0.383 e. The highest BCUT2D eigenvalue weighted by Gasteiger charge is 2.25. The lowest BCUT2D eigenvalue weighted by Crippen LogP contribution is -2.47. The molecule has 1 N–H and O–H groups in total. The van der Waals surface area contributed by atoms with Gasteiger partial charge in [-0.3, -0.25) is 4.79 Å². The molecule has 1 saturated heterocycles. The van der Waals surface area contributed by atoms with E-state index in [0.29, 0.717) is 12.6 Å². The Morgan fingerprint density at radius 3 is 2.95 bits per heavy atom. The lowest BCUT2D eigenvalue weighted by Gasteiger charge is -2.35. The van der Waals surface area contributed by atoms with Gasteiger partial charge in [-0.25, -0.2) is 0 Å². The molecule has 0 radical (unpaired) electrons. The molecule has 2 aliphatic heterocycles. The van der Waals surface area contributed by atoms with E-state index >= 15 is 0 Å². The molecule has 1 aromatic carbocycles. The van der Waals surface area contributed by atoms with Gasteiger partial charge in [0.25, 0.3) is 0 Å². The second kappa shape index (κ2) is 6.37. The van der Waals surface area contributed by atoms with Gasteiger partial charge in [0.15, 0.2) is 0 Å². The highest BCUT2D eigenvalue weighted by molar-refractivity contribution is 5.84. The molecule has 0 aliphatic carbocycles. The lowest BCUT2D eigenvalue weighted by atomic mass is 10.0. The number of nitrogens with zero attached hydrogens (tertiary/aromatic N) is 2. The van der Waals surface area contributed by atoms with E-state index in [2.05, 4.69) is 34.2 Å². The number of nitrogens with one attached hydrogen (secondary N) is 1. The van der Waals surface area contributed by atoms with E-state index in [4.69, 9.17) is 0 Å². The predicted molar refractivity (Wildman–Crippen MR) is 86.8 cm³/mol. The number of anilines is 2. The van der Waals surface area contributed by atoms with Crippen LogP contribution in [0.4, 0.5) is 11.4 Å². The van der Waals surface area contributed by atoms with Crippen LogP contribution in [0.25, 0.3) is 0 Å². The molecule has 2 aliphatic rings. The fourth-order valence-electron chi connectivity index (χ4n) is 3.40. The van der Waals surface area contributed by atoms with Crippen molar-refractivity contribution in [3.63, 3.8) is 0 Å². The first-order valence-electron chi connectivity index (χ1n) is 8.13. The summed E-state index contributed by atoms with van der Waals surface area (Å²) in [5.74, 6) is 0.277. The van der Waals surface area contributed by atoms with Gasteiger partial charge in [0.2, 0.25) is 5.91 Å². The molecule has 0 aromatic heterocycles. The van der Waals surface area contributed by atoms with Crippen molar-refractivity contribution in [1.82, 2.24) is 4.90 Å². The lowest BCUT2D eigenvalue weighted by molar-refractivity contribution is -0.132. The molecule has 1 aromatic rings. The van der Waals surface area contributed by atoms with Crippen LogP contribution in [0, 0.1) is 0 Å². The van der Waals surface area contributed by atoms with Crippen molar-refractivity contribution in [2.24, 2.45) is 0 Å². The Morgan fingerprint density at radius 1 is 1.24 bits per heavy atom. The van der Waals surface area contributed by atoms with Crippen molar-refractivity contribution in [2.45, 2.75) is 38.6 Å². The molecule has 0 saturated carbocycles. The Bertz CT molecular complexity index is 503. The van der Waals surface area contributed by atoms with E-state index in [1.54, 1.807) is 0 Å². The Morgan fingerprint density at radius 2 is 2.10 bits per heavy atom. The topological polar surface area (TPSA) is 35.6 Å². The first-order chi connectivity index (χ1) is 10.3. The monoisotopic (exact) mass is 287 g/mol. The molecule has 2 heterocycles. The molecular formula is C17H25N3O. The largest absolute Gasteiger partial charge is 0.383 e. The summed E-state index contributed by atoms with van der Waals surface area (Å²) < 4.78 is 0. The Labute approximate surface area is 127 Å². The van der Waals surface area contributed by atoms with Crippen LogP contribution in [0.5, 0.6) is 0 Å². The van der Waals surface area contributed by atoms with Crippen molar-refractivity contribution < 1.29 is 4.79 Å². The zero-order chi connectivity index (χ0) is 14.7. The number of hydrogen-bond donors (Lipinski definition) is 1. The number of carbonyl (C=O) groups excluding carboxylic acids is 1. The van der Waals surface area contributed by atoms with E-state index in [1.807, 2.05) is 12.1 Å². The first-order valence-corrected chi connectivity index (χ1v) is 8.13. The molecule has 114 valence electrons. The molecule has 1 fully saturated rings. The van der Waals surface area contributed by atoms with Gasteiger partial charge in [0.05, 0.1) is 17.9 Å². The van der Waals surface area contributed by atoms with E-state index in [1.165, 1.54) is 6.42 Å². The molecule has 1 atom stereocenters. The number of hydrogen-bond acceptors (Lipinski definition) is 3. The molecular weight excluding hydrogens is 262 g/mol. The third-order valence-electron chi connectivity index (χ3n) is 4.61. The number of amides is 1. The fraction of sp³-hybridized carbons (Fsp3) is 0.588. The normalized spacial score (nSPS) is 22.2. The van der Waals surface area contributed by atoms with E-state index in [9.17, 15) is 4.79 Å². The molecule has 4 nitrogen and oxygen atoms in total. The van der Waals surface area contributed by atoms with Crippen LogP contribution in [0.1, 0.15) is 32.6 Å². The quantitative estimate of drug-likeness (QED) is 0.908. The fourth-order valence-corrected chi connectivity index (χ4v) is 3.40. The van der Waals surface area contributed by atoms with Crippen LogP contribution in [-0.4, -0.2) is 43.0 Å². The summed E-state index contributed by atoms with van der Waals surface area (Å²) in [6.45, 7) is 5.52. The molecule has 4 heteroatoms. The van der Waals surface area contributed by atoms with E-state index < -0.39 is 0 Å². The number of para-hydroxylation sites is 2. The van der Waals surface area contributed by atoms with Crippen LogP contribution in [0.15, 0.2) is 24.3 Å². The average molecular weight is 287 g/mol. The summed E-state index contributed by atoms with van der Waals surface area (Å²) in [7, 11) is 0. The van der Waals surface area contributed by atoms with Crippen molar-refractivity contribution in [3.05, 3.63) is 24.3 Å². The van der Waals surface area contributed by atoms with E-state index in [0.717, 1.165) is 50.3 Å². The highest BCUT2D eigenvalue weighted by Crippen LogP contribution is 2.28. The number of piperidine rings is 1. The first kappa shape index (κ1) is 14.2. The molecule has 0 spiro atoms. The molecule has 3 rings (SSSR count). The Balaban J connectivity index is 1.73. The number of rotatable bonds is 2. The molecule has 0 bridgehead atoms. The van der Waals surface area contributed by atoms with Crippen molar-refractivity contribution in [3.8, 4) is 0 Å². The third-order valence-corrected chi connectivity index (χ3v) is 4.61. The molecule has 1 amide bonds. The van der Waals surface area contributed by atoms with Crippen LogP contribution < -0.4 is 10.2 Å². The molecule has 1 unspecified atom stereocenters. The van der Waals surface area contributed by atoms with Gasteiger partial charge in [-0.15, -0.1) is 0 Å². The summed E-state index contributed by atoms with van der Waals surface area (Å²) >= 11 is 0. The van der Waals surface area contributed by atoms with Crippen LogP contribution in [-0.2, 0) is 4.79 Å². The number of benzene rings is 1. The zero-order valence-electron chi connectivity index (χ0n) is 12.8. The Hall–Kier alpha value is -1.71. The summed E-state index contributed by atoms with van der Waals surface area (Å²) in [5, 5.41) is 3.45.